The molecule has 0 saturated carbocycles. The first-order valence-electron chi connectivity index (χ1n) is 8.34. The van der Waals surface area contributed by atoms with E-state index in [-0.39, 0.29) is 11.5 Å². The molecule has 4 heteroatoms. The molecule has 0 heterocycles. The van der Waals surface area contributed by atoms with E-state index in [9.17, 15) is 4.79 Å². The van der Waals surface area contributed by atoms with E-state index >= 15 is 0 Å². The summed E-state index contributed by atoms with van der Waals surface area (Å²) in [5.41, 5.74) is 1.99. The van der Waals surface area contributed by atoms with E-state index in [1.165, 1.54) is 0 Å². The zero-order valence-corrected chi connectivity index (χ0v) is 14.6. The number of nitriles is 1. The van der Waals surface area contributed by atoms with Crippen LogP contribution in [0.25, 0.3) is 0 Å². The molecule has 0 unspecified atom stereocenters. The fraction of sp³-hybridized carbons (Fsp3) is 0.0435. The van der Waals surface area contributed by atoms with E-state index in [4.69, 9.17) is 14.7 Å². The number of carbonyl (C=O) groups is 1. The summed E-state index contributed by atoms with van der Waals surface area (Å²) in [6.07, 6.45) is 0. The maximum absolute atomic E-state index is 12.6. The number of allylic oxidation sites excluding steroid dienone is 1. The van der Waals surface area contributed by atoms with Crippen molar-refractivity contribution in [2.75, 3.05) is 0 Å². The number of nitrogens with zero attached hydrogens (tertiary/aromatic N) is 1. The van der Waals surface area contributed by atoms with Crippen LogP contribution in [0.4, 0.5) is 0 Å². The number of hydrogen-bond donors (Lipinski definition) is 0. The van der Waals surface area contributed by atoms with E-state index in [2.05, 4.69) is 6.58 Å². The van der Waals surface area contributed by atoms with Crippen molar-refractivity contribution in [1.82, 2.24) is 0 Å². The normalized spacial score (nSPS) is 9.89. The highest BCUT2D eigenvalue weighted by atomic mass is 16.5. The molecule has 0 radical (unpaired) electrons. The molecular weight excluding hydrogens is 338 g/mol. The summed E-state index contributed by atoms with van der Waals surface area (Å²) in [6.45, 7) is 4.13. The zero-order chi connectivity index (χ0) is 19.1. The quantitative estimate of drug-likeness (QED) is 0.343. The van der Waals surface area contributed by atoms with Gasteiger partial charge in [0.25, 0.3) is 0 Å². The van der Waals surface area contributed by atoms with E-state index in [1.807, 2.05) is 36.4 Å². The third-order valence-electron chi connectivity index (χ3n) is 3.82. The highest BCUT2D eigenvalue weighted by Crippen LogP contribution is 2.20. The van der Waals surface area contributed by atoms with Crippen molar-refractivity contribution in [2.24, 2.45) is 0 Å². The molecule has 0 N–H and O–H groups in total. The molecule has 0 aliphatic carbocycles. The number of rotatable bonds is 7. The molecule has 27 heavy (non-hydrogen) atoms. The van der Waals surface area contributed by atoms with Gasteiger partial charge < -0.3 is 9.47 Å². The first-order chi connectivity index (χ1) is 13.2. The van der Waals surface area contributed by atoms with Crippen LogP contribution in [0, 0.1) is 11.3 Å². The number of ether oxygens (including phenoxy) is 2. The molecule has 0 fully saturated rings. The predicted octanol–water partition coefficient (Wildman–Crippen LogP) is 4.91. The number of carbonyl (C=O) groups excluding carboxylic acids is 1. The van der Waals surface area contributed by atoms with Gasteiger partial charge in [0.05, 0.1) is 11.6 Å². The van der Waals surface area contributed by atoms with Gasteiger partial charge in [-0.25, -0.2) is 0 Å². The summed E-state index contributed by atoms with van der Waals surface area (Å²) in [5, 5.41) is 8.82. The van der Waals surface area contributed by atoms with Crippen molar-refractivity contribution >= 4 is 5.78 Å². The lowest BCUT2D eigenvalue weighted by molar-refractivity contribution is 0.0986. The second-order valence-corrected chi connectivity index (χ2v) is 5.79. The molecule has 0 amide bonds. The number of ketones is 1. The van der Waals surface area contributed by atoms with Crippen LogP contribution in [0.1, 0.15) is 21.5 Å². The first-order valence-corrected chi connectivity index (χ1v) is 8.34. The van der Waals surface area contributed by atoms with Crippen LogP contribution in [0.5, 0.6) is 11.5 Å². The van der Waals surface area contributed by atoms with Gasteiger partial charge in [0, 0.05) is 5.56 Å². The van der Waals surface area contributed by atoms with Gasteiger partial charge in [-0.3, -0.25) is 4.79 Å². The first kappa shape index (κ1) is 18.0. The van der Waals surface area contributed by atoms with Gasteiger partial charge in [-0.1, -0.05) is 49.0 Å². The molecule has 0 aliphatic rings. The van der Waals surface area contributed by atoms with Gasteiger partial charge in [0.1, 0.15) is 18.1 Å². The van der Waals surface area contributed by atoms with Crippen LogP contribution in [-0.2, 0) is 6.61 Å². The molecular formula is C23H17NO3. The van der Waals surface area contributed by atoms with Gasteiger partial charge >= 0.3 is 0 Å². The molecule has 0 bridgehead atoms. The lowest BCUT2D eigenvalue weighted by Gasteiger charge is -2.10. The Hall–Kier alpha value is -3.84. The summed E-state index contributed by atoms with van der Waals surface area (Å²) in [5.74, 6) is 0.712. The van der Waals surface area contributed by atoms with Gasteiger partial charge in [-0.2, -0.15) is 5.26 Å². The number of Topliss-reactive ketones (excluding diaryl/α,β-unsaturated/α-hetero) is 1. The molecule has 3 aromatic carbocycles. The topological polar surface area (TPSA) is 59.3 Å². The highest BCUT2D eigenvalue weighted by Gasteiger charge is 2.13. The Labute approximate surface area is 157 Å². The Morgan fingerprint density at radius 1 is 0.926 bits per heavy atom. The maximum Gasteiger partial charge on any atom is 0.227 e. The van der Waals surface area contributed by atoms with Crippen LogP contribution in [0.2, 0.25) is 0 Å². The Morgan fingerprint density at radius 3 is 2.37 bits per heavy atom. The Balaban J connectivity index is 1.65. The average Bonchev–Trinajstić information content (AvgIpc) is 2.73. The van der Waals surface area contributed by atoms with Gasteiger partial charge in [0.2, 0.25) is 5.78 Å². The highest BCUT2D eigenvalue weighted by molar-refractivity contribution is 6.07. The molecule has 0 aliphatic heterocycles. The number of hydrogen-bond acceptors (Lipinski definition) is 4. The van der Waals surface area contributed by atoms with Crippen LogP contribution >= 0.6 is 0 Å². The van der Waals surface area contributed by atoms with Crippen molar-refractivity contribution in [1.29, 1.82) is 5.26 Å². The largest absolute Gasteiger partial charge is 0.489 e. The second kappa shape index (κ2) is 8.50. The van der Waals surface area contributed by atoms with E-state index in [0.717, 1.165) is 5.56 Å². The van der Waals surface area contributed by atoms with Crippen molar-refractivity contribution in [2.45, 2.75) is 6.61 Å². The monoisotopic (exact) mass is 355 g/mol. The molecule has 3 rings (SSSR count). The standard InChI is InChI=1S/C23H17NO3/c1-17(27-21-12-10-18(15-24)11-13-21)23(25)20-8-5-9-22(14-20)26-16-19-6-3-2-4-7-19/h2-14H,1,16H2. The fourth-order valence-electron chi connectivity index (χ4n) is 2.42. The summed E-state index contributed by atoms with van der Waals surface area (Å²) in [6, 6.07) is 25.2. The van der Waals surface area contributed by atoms with Crippen molar-refractivity contribution in [3.8, 4) is 17.6 Å². The predicted molar refractivity (Wildman–Crippen MR) is 102 cm³/mol. The van der Waals surface area contributed by atoms with Crippen LogP contribution < -0.4 is 9.47 Å². The van der Waals surface area contributed by atoms with E-state index in [1.54, 1.807) is 48.5 Å². The van der Waals surface area contributed by atoms with Crippen LogP contribution in [0.3, 0.4) is 0 Å². The van der Waals surface area contributed by atoms with E-state index < -0.39 is 0 Å². The molecule has 3 aromatic rings. The summed E-state index contributed by atoms with van der Waals surface area (Å²) in [4.78, 5) is 12.6. The Kier molecular flexibility index (Phi) is 5.66. The van der Waals surface area contributed by atoms with Crippen molar-refractivity contribution in [3.63, 3.8) is 0 Å². The lowest BCUT2D eigenvalue weighted by Crippen LogP contribution is -2.08. The summed E-state index contributed by atoms with van der Waals surface area (Å²) < 4.78 is 11.3. The Bertz CT molecular complexity index is 986. The third-order valence-corrected chi connectivity index (χ3v) is 3.82. The second-order valence-electron chi connectivity index (χ2n) is 5.79. The molecule has 0 atom stereocenters. The summed E-state index contributed by atoms with van der Waals surface area (Å²) >= 11 is 0. The van der Waals surface area contributed by atoms with E-state index in [0.29, 0.717) is 29.2 Å². The van der Waals surface area contributed by atoms with Crippen LogP contribution in [0.15, 0.2) is 91.2 Å². The minimum Gasteiger partial charge on any atom is -0.489 e. The molecule has 4 nitrogen and oxygen atoms in total. The third kappa shape index (κ3) is 4.83. The smallest absolute Gasteiger partial charge is 0.227 e. The molecule has 0 saturated heterocycles. The van der Waals surface area contributed by atoms with Crippen molar-refractivity contribution < 1.29 is 14.3 Å². The van der Waals surface area contributed by atoms with Gasteiger partial charge in [-0.05, 0) is 42.0 Å². The zero-order valence-electron chi connectivity index (χ0n) is 14.6. The lowest BCUT2D eigenvalue weighted by atomic mass is 10.1. The summed E-state index contributed by atoms with van der Waals surface area (Å²) in [7, 11) is 0. The van der Waals surface area contributed by atoms with Gasteiger partial charge in [-0.15, -0.1) is 0 Å². The average molecular weight is 355 g/mol. The SMILES string of the molecule is C=C(Oc1ccc(C#N)cc1)C(=O)c1cccc(OCc2ccccc2)c1. The maximum atomic E-state index is 12.6. The minimum absolute atomic E-state index is 0.0000768. The van der Waals surface area contributed by atoms with Crippen molar-refractivity contribution in [3.05, 3.63) is 108 Å². The van der Waals surface area contributed by atoms with Crippen LogP contribution in [-0.4, -0.2) is 5.78 Å². The molecule has 0 spiro atoms. The Morgan fingerprint density at radius 2 is 1.67 bits per heavy atom. The molecule has 132 valence electrons. The molecule has 0 aromatic heterocycles. The number of benzene rings is 3. The fourth-order valence-corrected chi connectivity index (χ4v) is 2.42. The minimum atomic E-state index is -0.329. The van der Waals surface area contributed by atoms with Gasteiger partial charge in [0.15, 0.2) is 5.76 Å².